The first-order valence-electron chi connectivity index (χ1n) is 9.56. The number of thiazole rings is 1. The number of carbonyl (C=O) groups is 1. The van der Waals surface area contributed by atoms with Crippen molar-refractivity contribution < 1.29 is 27.4 Å². The van der Waals surface area contributed by atoms with Crippen LogP contribution in [0.25, 0.3) is 10.6 Å². The minimum absolute atomic E-state index is 0.120. The summed E-state index contributed by atoms with van der Waals surface area (Å²) < 4.78 is 46.8. The first-order valence-corrected chi connectivity index (χ1v) is 10.4. The number of halogens is 3. The van der Waals surface area contributed by atoms with Gasteiger partial charge in [0.1, 0.15) is 16.5 Å². The summed E-state index contributed by atoms with van der Waals surface area (Å²) in [7, 11) is 0. The van der Waals surface area contributed by atoms with Crippen LogP contribution in [0.2, 0.25) is 0 Å². The third-order valence-corrected chi connectivity index (χ3v) is 5.05. The second kappa shape index (κ2) is 10.3. The Balaban J connectivity index is 1.52. The van der Waals surface area contributed by atoms with Crippen LogP contribution in [0.5, 0.6) is 11.5 Å². The molecule has 9 heteroatoms. The Morgan fingerprint density at radius 2 is 1.84 bits per heavy atom. The minimum atomic E-state index is -4.38. The van der Waals surface area contributed by atoms with Crippen molar-refractivity contribution in [1.82, 2.24) is 10.3 Å². The molecular formula is C22H21F3N2O3S. The number of aromatic nitrogens is 1. The highest BCUT2D eigenvalue weighted by atomic mass is 32.1. The van der Waals surface area contributed by atoms with E-state index in [0.717, 1.165) is 21.9 Å². The van der Waals surface area contributed by atoms with Crippen molar-refractivity contribution in [2.75, 3.05) is 13.2 Å². The van der Waals surface area contributed by atoms with Crippen LogP contribution in [0.4, 0.5) is 13.2 Å². The fourth-order valence-electron chi connectivity index (χ4n) is 2.73. The molecule has 0 saturated heterocycles. The number of alkyl halides is 3. The summed E-state index contributed by atoms with van der Waals surface area (Å²) in [5, 5.41) is 5.40. The van der Waals surface area contributed by atoms with E-state index >= 15 is 0 Å². The Bertz CT molecular complexity index is 1000. The van der Waals surface area contributed by atoms with E-state index in [1.165, 1.54) is 23.5 Å². The van der Waals surface area contributed by atoms with Crippen LogP contribution in [0, 0.1) is 0 Å². The van der Waals surface area contributed by atoms with Gasteiger partial charge in [-0.2, -0.15) is 13.2 Å². The summed E-state index contributed by atoms with van der Waals surface area (Å²) in [5.74, 6) is 0.667. The molecule has 0 radical (unpaired) electrons. The van der Waals surface area contributed by atoms with Crippen LogP contribution in [0.3, 0.4) is 0 Å². The second-order valence-electron chi connectivity index (χ2n) is 6.57. The molecule has 0 fully saturated rings. The van der Waals surface area contributed by atoms with Crippen LogP contribution < -0.4 is 14.8 Å². The van der Waals surface area contributed by atoms with Crippen molar-refractivity contribution in [3.63, 3.8) is 0 Å². The van der Waals surface area contributed by atoms with E-state index < -0.39 is 12.8 Å². The van der Waals surface area contributed by atoms with E-state index in [2.05, 4.69) is 15.0 Å². The van der Waals surface area contributed by atoms with Gasteiger partial charge >= 0.3 is 6.18 Å². The monoisotopic (exact) mass is 450 g/mol. The normalized spacial score (nSPS) is 11.2. The van der Waals surface area contributed by atoms with Gasteiger partial charge in [-0.3, -0.25) is 4.79 Å². The maximum absolute atomic E-state index is 12.3. The zero-order valence-electron chi connectivity index (χ0n) is 16.7. The lowest BCUT2D eigenvalue weighted by Gasteiger charge is -2.10. The van der Waals surface area contributed by atoms with Crippen molar-refractivity contribution >= 4 is 17.2 Å². The maximum Gasteiger partial charge on any atom is 0.422 e. The average molecular weight is 450 g/mol. The van der Waals surface area contributed by atoms with Crippen LogP contribution in [0.1, 0.15) is 18.2 Å². The molecular weight excluding hydrogens is 429 g/mol. The average Bonchev–Trinajstić information content (AvgIpc) is 3.20. The molecule has 0 aliphatic carbocycles. The molecule has 0 spiro atoms. The number of nitrogens with zero attached hydrogens (tertiary/aromatic N) is 1. The number of amides is 1. The third kappa shape index (κ3) is 6.99. The summed E-state index contributed by atoms with van der Waals surface area (Å²) in [6.07, 6.45) is -4.26. The fourth-order valence-corrected chi connectivity index (χ4v) is 3.58. The number of ether oxygens (including phenoxy) is 2. The molecule has 0 unspecified atom stereocenters. The van der Waals surface area contributed by atoms with Gasteiger partial charge in [0.2, 0.25) is 5.91 Å². The number of para-hydroxylation sites is 1. The summed E-state index contributed by atoms with van der Waals surface area (Å²) in [4.78, 5) is 16.8. The van der Waals surface area contributed by atoms with Crippen molar-refractivity contribution in [2.45, 2.75) is 26.1 Å². The number of hydrogen-bond donors (Lipinski definition) is 1. The molecule has 3 aromatic rings. The first kappa shape index (κ1) is 22.6. The summed E-state index contributed by atoms with van der Waals surface area (Å²) in [6.45, 7) is 1.38. The lowest BCUT2D eigenvalue weighted by atomic mass is 10.2. The van der Waals surface area contributed by atoms with Crippen molar-refractivity contribution in [2.24, 2.45) is 0 Å². The van der Waals surface area contributed by atoms with Gasteiger partial charge in [0, 0.05) is 11.9 Å². The van der Waals surface area contributed by atoms with Crippen molar-refractivity contribution in [3.8, 4) is 22.1 Å². The quantitative estimate of drug-likeness (QED) is 0.498. The van der Waals surface area contributed by atoms with Gasteiger partial charge in [0.05, 0.1) is 24.3 Å². The molecule has 1 aromatic heterocycles. The predicted octanol–water partition coefficient (Wildman–Crippen LogP) is 5.01. The maximum atomic E-state index is 12.3. The van der Waals surface area contributed by atoms with Gasteiger partial charge in [-0.25, -0.2) is 4.98 Å². The second-order valence-corrected chi connectivity index (χ2v) is 7.43. The van der Waals surface area contributed by atoms with E-state index in [0.29, 0.717) is 12.3 Å². The van der Waals surface area contributed by atoms with Crippen LogP contribution >= 0.6 is 11.3 Å². The van der Waals surface area contributed by atoms with E-state index in [9.17, 15) is 18.0 Å². The minimum Gasteiger partial charge on any atom is -0.493 e. The molecule has 5 nitrogen and oxygen atoms in total. The highest BCUT2D eigenvalue weighted by Crippen LogP contribution is 2.32. The fraction of sp³-hybridized carbons (Fsp3) is 0.273. The molecule has 1 heterocycles. The molecule has 31 heavy (non-hydrogen) atoms. The summed E-state index contributed by atoms with van der Waals surface area (Å²) >= 11 is 1.44. The Kier molecular flexibility index (Phi) is 7.51. The molecule has 0 aliphatic rings. The largest absolute Gasteiger partial charge is 0.493 e. The molecule has 0 aliphatic heterocycles. The van der Waals surface area contributed by atoms with Crippen molar-refractivity contribution in [3.05, 3.63) is 65.2 Å². The Hall–Kier alpha value is -3.07. The van der Waals surface area contributed by atoms with Crippen LogP contribution in [-0.2, 0) is 17.8 Å². The SMILES string of the molecule is CCOc1ccccc1-c1nc(CC(=O)NCc2ccc(OCC(F)(F)F)cc2)cs1. The Morgan fingerprint density at radius 3 is 2.55 bits per heavy atom. The van der Waals surface area contributed by atoms with E-state index in [4.69, 9.17) is 4.74 Å². The van der Waals surface area contributed by atoms with Gasteiger partial charge in [0.25, 0.3) is 0 Å². The number of benzene rings is 2. The lowest BCUT2D eigenvalue weighted by Crippen LogP contribution is -2.24. The Labute approximate surface area is 181 Å². The smallest absolute Gasteiger partial charge is 0.422 e. The Morgan fingerprint density at radius 1 is 1.10 bits per heavy atom. The van der Waals surface area contributed by atoms with E-state index in [1.807, 2.05) is 36.6 Å². The molecule has 0 atom stereocenters. The molecule has 0 saturated carbocycles. The molecule has 1 N–H and O–H groups in total. The highest BCUT2D eigenvalue weighted by Gasteiger charge is 2.28. The summed E-state index contributed by atoms with van der Waals surface area (Å²) in [6, 6.07) is 13.7. The number of carbonyl (C=O) groups excluding carboxylic acids is 1. The zero-order chi connectivity index (χ0) is 22.3. The van der Waals surface area contributed by atoms with Gasteiger partial charge in [0.15, 0.2) is 6.61 Å². The van der Waals surface area contributed by atoms with E-state index in [-0.39, 0.29) is 24.6 Å². The van der Waals surface area contributed by atoms with Gasteiger partial charge < -0.3 is 14.8 Å². The third-order valence-electron chi connectivity index (χ3n) is 4.13. The first-order chi connectivity index (χ1) is 14.8. The van der Waals surface area contributed by atoms with Gasteiger partial charge in [-0.15, -0.1) is 11.3 Å². The highest BCUT2D eigenvalue weighted by molar-refractivity contribution is 7.13. The lowest BCUT2D eigenvalue weighted by molar-refractivity contribution is -0.153. The number of hydrogen-bond acceptors (Lipinski definition) is 5. The topological polar surface area (TPSA) is 60.5 Å². The molecule has 2 aromatic carbocycles. The summed E-state index contributed by atoms with van der Waals surface area (Å²) in [5.41, 5.74) is 2.28. The molecule has 3 rings (SSSR count). The van der Waals surface area contributed by atoms with Gasteiger partial charge in [-0.05, 0) is 36.8 Å². The zero-order valence-corrected chi connectivity index (χ0v) is 17.6. The standard InChI is InChI=1S/C22H21F3N2O3S/c1-2-29-19-6-4-3-5-18(19)21-27-16(13-31-21)11-20(28)26-12-15-7-9-17(10-8-15)30-14-22(23,24)25/h3-10,13H,2,11-12,14H2,1H3,(H,26,28). The predicted molar refractivity (Wildman–Crippen MR) is 112 cm³/mol. The molecule has 164 valence electrons. The van der Waals surface area contributed by atoms with Crippen LogP contribution in [-0.4, -0.2) is 30.3 Å². The van der Waals surface area contributed by atoms with Gasteiger partial charge in [-0.1, -0.05) is 24.3 Å². The molecule has 1 amide bonds. The number of rotatable bonds is 9. The van der Waals surface area contributed by atoms with E-state index in [1.54, 1.807) is 12.1 Å². The number of nitrogens with one attached hydrogen (secondary N) is 1. The van der Waals surface area contributed by atoms with Crippen LogP contribution in [0.15, 0.2) is 53.9 Å². The molecule has 0 bridgehead atoms. The van der Waals surface area contributed by atoms with Crippen molar-refractivity contribution in [1.29, 1.82) is 0 Å².